The molecule has 2 heterocycles. The number of benzene rings is 2. The highest BCUT2D eigenvalue weighted by molar-refractivity contribution is 5.90. The Morgan fingerprint density at radius 2 is 1.63 bits per heavy atom. The first kappa shape index (κ1) is 26.6. The highest BCUT2D eigenvalue weighted by Crippen LogP contribution is 2.41. The van der Waals surface area contributed by atoms with Crippen molar-refractivity contribution in [1.82, 2.24) is 9.55 Å². The van der Waals surface area contributed by atoms with Crippen molar-refractivity contribution < 1.29 is 23.8 Å². The fourth-order valence-electron chi connectivity index (χ4n) is 4.29. The van der Waals surface area contributed by atoms with Gasteiger partial charge in [0.2, 0.25) is 0 Å². The number of carbonyl (C=O) groups excluding carboxylic acids is 2. The van der Waals surface area contributed by atoms with Gasteiger partial charge in [-0.25, -0.2) is 14.4 Å². The Kier molecular flexibility index (Phi) is 7.60. The molecule has 10 nitrogen and oxygen atoms in total. The molecule has 4 rings (SSSR count). The highest BCUT2D eigenvalue weighted by atomic mass is 16.6. The number of rotatable bonds is 7. The van der Waals surface area contributed by atoms with Crippen LogP contribution in [0.1, 0.15) is 63.4 Å². The first-order chi connectivity index (χ1) is 18.2. The maximum absolute atomic E-state index is 13.0. The van der Waals surface area contributed by atoms with Gasteiger partial charge >= 0.3 is 17.6 Å². The molecule has 0 radical (unpaired) electrons. The first-order valence-corrected chi connectivity index (χ1v) is 12.1. The molecular formula is C28H27N3O7. The molecule has 1 saturated heterocycles. The number of hydrogen-bond donors (Lipinski definition) is 1. The Morgan fingerprint density at radius 3 is 2.18 bits per heavy atom. The van der Waals surface area contributed by atoms with Gasteiger partial charge in [0.1, 0.15) is 36.2 Å². The van der Waals surface area contributed by atoms with E-state index in [4.69, 9.17) is 14.2 Å². The Morgan fingerprint density at radius 1 is 1.05 bits per heavy atom. The monoisotopic (exact) mass is 517 g/mol. The lowest BCUT2D eigenvalue weighted by Gasteiger charge is -2.32. The molecule has 38 heavy (non-hydrogen) atoms. The van der Waals surface area contributed by atoms with Crippen LogP contribution in [0.2, 0.25) is 0 Å². The van der Waals surface area contributed by atoms with Gasteiger partial charge in [-0.2, -0.15) is 5.26 Å². The summed E-state index contributed by atoms with van der Waals surface area (Å²) in [5.41, 5.74) is -0.542. The second kappa shape index (κ2) is 10.9. The topological polar surface area (TPSA) is 140 Å². The molecule has 1 aliphatic rings. The number of aromatic nitrogens is 2. The molecule has 3 aromatic rings. The second-order valence-electron chi connectivity index (χ2n) is 9.25. The maximum atomic E-state index is 13.0. The third-order valence-corrected chi connectivity index (χ3v) is 6.64. The lowest BCUT2D eigenvalue weighted by atomic mass is 9.94. The van der Waals surface area contributed by atoms with Crippen molar-refractivity contribution in [2.24, 2.45) is 0 Å². The van der Waals surface area contributed by atoms with Gasteiger partial charge in [-0.3, -0.25) is 14.3 Å². The predicted octanol–water partition coefficient (Wildman–Crippen LogP) is 3.18. The summed E-state index contributed by atoms with van der Waals surface area (Å²) < 4.78 is 18.8. The van der Waals surface area contributed by atoms with Crippen molar-refractivity contribution in [1.29, 1.82) is 5.26 Å². The molecule has 1 fully saturated rings. The smallest absolute Gasteiger partial charge is 0.338 e. The van der Waals surface area contributed by atoms with Crippen molar-refractivity contribution in [2.75, 3.05) is 6.61 Å². The molecule has 2 aromatic carbocycles. The predicted molar refractivity (Wildman–Crippen MR) is 136 cm³/mol. The van der Waals surface area contributed by atoms with Gasteiger partial charge in [-0.15, -0.1) is 0 Å². The SMILES string of the molecule is CC[C@]1(COC(=O)c2ccc(C)cc2)O[C@@H](n2cc(C#N)c(=O)[nH]c2=O)C[C@@H]1OC(=O)c1ccc(C)cc1. The Hall–Kier alpha value is -4.49. The van der Waals surface area contributed by atoms with Gasteiger partial charge in [0, 0.05) is 12.6 Å². The van der Waals surface area contributed by atoms with E-state index in [0.29, 0.717) is 11.1 Å². The summed E-state index contributed by atoms with van der Waals surface area (Å²) in [7, 11) is 0. The molecule has 0 amide bonds. The minimum absolute atomic E-state index is 0.0182. The van der Waals surface area contributed by atoms with Crippen molar-refractivity contribution in [3.05, 3.63) is 103 Å². The molecule has 3 atom stereocenters. The number of carbonyl (C=O) groups is 2. The summed E-state index contributed by atoms with van der Waals surface area (Å²) in [6, 6.07) is 15.5. The van der Waals surface area contributed by atoms with Gasteiger partial charge in [0.15, 0.2) is 0 Å². The number of nitrogens with one attached hydrogen (secondary N) is 1. The third-order valence-electron chi connectivity index (χ3n) is 6.64. The highest BCUT2D eigenvalue weighted by Gasteiger charge is 2.52. The van der Waals surface area contributed by atoms with Gasteiger partial charge < -0.3 is 14.2 Å². The Balaban J connectivity index is 1.65. The van der Waals surface area contributed by atoms with Crippen LogP contribution < -0.4 is 11.2 Å². The zero-order chi connectivity index (χ0) is 27.4. The van der Waals surface area contributed by atoms with Crippen LogP contribution in [0, 0.1) is 25.2 Å². The fourth-order valence-corrected chi connectivity index (χ4v) is 4.29. The quantitative estimate of drug-likeness (QED) is 0.471. The molecule has 1 aliphatic heterocycles. The molecular weight excluding hydrogens is 490 g/mol. The summed E-state index contributed by atoms with van der Waals surface area (Å²) in [4.78, 5) is 52.3. The number of hydrogen-bond acceptors (Lipinski definition) is 8. The van der Waals surface area contributed by atoms with Crippen LogP contribution in [0.25, 0.3) is 0 Å². The van der Waals surface area contributed by atoms with E-state index < -0.39 is 41.1 Å². The minimum Gasteiger partial charge on any atom is -0.459 e. The van der Waals surface area contributed by atoms with E-state index in [-0.39, 0.29) is 25.0 Å². The molecule has 0 bridgehead atoms. The van der Waals surface area contributed by atoms with Crippen molar-refractivity contribution >= 4 is 11.9 Å². The zero-order valence-corrected chi connectivity index (χ0v) is 21.2. The van der Waals surface area contributed by atoms with E-state index in [1.54, 1.807) is 61.5 Å². The van der Waals surface area contributed by atoms with E-state index >= 15 is 0 Å². The van der Waals surface area contributed by atoms with Gasteiger partial charge in [0.05, 0.1) is 11.1 Å². The number of esters is 2. The van der Waals surface area contributed by atoms with Crippen LogP contribution in [-0.2, 0) is 14.2 Å². The lowest BCUT2D eigenvalue weighted by Crippen LogP contribution is -2.46. The summed E-state index contributed by atoms with van der Waals surface area (Å²) in [6.45, 7) is 5.32. The zero-order valence-electron chi connectivity index (χ0n) is 21.2. The van der Waals surface area contributed by atoms with E-state index in [9.17, 15) is 24.4 Å². The number of nitrogens with zero attached hydrogens (tertiary/aromatic N) is 2. The molecule has 196 valence electrons. The molecule has 1 N–H and O–H groups in total. The van der Waals surface area contributed by atoms with E-state index in [0.717, 1.165) is 21.9 Å². The van der Waals surface area contributed by atoms with E-state index in [2.05, 4.69) is 4.98 Å². The Labute approximate surface area is 218 Å². The number of H-pyrrole nitrogens is 1. The normalized spacial score (nSPS) is 20.5. The molecule has 0 aliphatic carbocycles. The lowest BCUT2D eigenvalue weighted by molar-refractivity contribution is -0.134. The largest absolute Gasteiger partial charge is 0.459 e. The van der Waals surface area contributed by atoms with Gasteiger partial charge in [-0.1, -0.05) is 42.3 Å². The second-order valence-corrected chi connectivity index (χ2v) is 9.25. The number of ether oxygens (including phenoxy) is 3. The van der Waals surface area contributed by atoms with Crippen LogP contribution >= 0.6 is 0 Å². The first-order valence-electron chi connectivity index (χ1n) is 12.1. The maximum Gasteiger partial charge on any atom is 0.338 e. The standard InChI is InChI=1S/C28H27N3O7/c1-4-28(16-36-25(33)19-9-5-17(2)6-10-19)22(37-26(34)20-11-7-18(3)8-12-20)13-23(38-28)31-15-21(14-29)24(32)30-27(31)35/h5-12,15,22-23H,4,13,16H2,1-3H3,(H,30,32,35)/t22-,23+,28+/m0/s1. The summed E-state index contributed by atoms with van der Waals surface area (Å²) in [6.07, 6.45) is -0.527. The van der Waals surface area contributed by atoms with Crippen molar-refractivity contribution in [3.63, 3.8) is 0 Å². The van der Waals surface area contributed by atoms with E-state index in [1.165, 1.54) is 0 Å². The summed E-state index contributed by atoms with van der Waals surface area (Å²) >= 11 is 0. The van der Waals surface area contributed by atoms with Gasteiger partial charge in [-0.05, 0) is 44.5 Å². The molecule has 1 aromatic heterocycles. The summed E-state index contributed by atoms with van der Waals surface area (Å²) in [5.74, 6) is -1.19. The number of aryl methyl sites for hydroxylation is 2. The number of nitriles is 1. The van der Waals surface area contributed by atoms with Crippen LogP contribution in [0.5, 0.6) is 0 Å². The molecule has 0 saturated carbocycles. The molecule has 10 heteroatoms. The third kappa shape index (κ3) is 5.43. The Bertz CT molecular complexity index is 1500. The van der Waals surface area contributed by atoms with E-state index in [1.807, 2.05) is 13.8 Å². The molecule has 0 unspecified atom stereocenters. The fraction of sp³-hybridized carbons (Fsp3) is 0.321. The molecule has 0 spiro atoms. The average molecular weight is 518 g/mol. The van der Waals surface area contributed by atoms with Crippen LogP contribution in [0.3, 0.4) is 0 Å². The van der Waals surface area contributed by atoms with Crippen molar-refractivity contribution in [2.45, 2.75) is 51.5 Å². The number of aromatic amines is 1. The van der Waals surface area contributed by atoms with Crippen LogP contribution in [-0.4, -0.2) is 39.8 Å². The van der Waals surface area contributed by atoms with Crippen LogP contribution in [0.4, 0.5) is 0 Å². The minimum atomic E-state index is -1.30. The average Bonchev–Trinajstić information content (AvgIpc) is 3.26. The van der Waals surface area contributed by atoms with Crippen molar-refractivity contribution in [3.8, 4) is 6.07 Å². The van der Waals surface area contributed by atoms with Crippen LogP contribution in [0.15, 0.2) is 64.3 Å². The van der Waals surface area contributed by atoms with Gasteiger partial charge in [0.25, 0.3) is 5.56 Å². The summed E-state index contributed by atoms with van der Waals surface area (Å²) in [5, 5.41) is 9.26.